The van der Waals surface area contributed by atoms with Crippen LogP contribution >= 0.6 is 0 Å². The Hall–Kier alpha value is -6.26. The van der Waals surface area contributed by atoms with Crippen molar-refractivity contribution in [2.75, 3.05) is 0 Å². The second-order valence-electron chi connectivity index (χ2n) is 13.8. The van der Waals surface area contributed by atoms with Crippen molar-refractivity contribution in [3.05, 3.63) is 151 Å². The number of rotatable bonds is 2. The molecule has 230 valence electrons. The first-order valence-corrected chi connectivity index (χ1v) is 16.8. The van der Waals surface area contributed by atoms with Crippen LogP contribution < -0.4 is 0 Å². The Morgan fingerprint density at radius 2 is 1.27 bits per heavy atom. The van der Waals surface area contributed by atoms with Crippen molar-refractivity contribution in [3.8, 4) is 28.3 Å². The zero-order chi connectivity index (χ0) is 32.4. The second-order valence-corrected chi connectivity index (χ2v) is 13.8. The summed E-state index contributed by atoms with van der Waals surface area (Å²) < 4.78 is 8.79. The molecule has 0 bridgehead atoms. The van der Waals surface area contributed by atoms with E-state index in [0.717, 1.165) is 55.1 Å². The molecule has 3 aromatic heterocycles. The Kier molecular flexibility index (Phi) is 5.15. The van der Waals surface area contributed by atoms with Crippen LogP contribution in [0.3, 0.4) is 0 Å². The lowest BCUT2D eigenvalue weighted by Gasteiger charge is -2.23. The highest BCUT2D eigenvalue weighted by Crippen LogP contribution is 2.53. The molecule has 0 spiro atoms. The molecule has 0 saturated carbocycles. The van der Waals surface area contributed by atoms with Crippen molar-refractivity contribution in [3.63, 3.8) is 0 Å². The number of furan rings is 1. The van der Waals surface area contributed by atoms with Gasteiger partial charge in [0.1, 0.15) is 11.2 Å². The van der Waals surface area contributed by atoms with Crippen molar-refractivity contribution in [1.82, 2.24) is 14.5 Å². The van der Waals surface area contributed by atoms with Crippen LogP contribution in [0, 0.1) is 0 Å². The third-order valence-corrected chi connectivity index (χ3v) is 10.8. The number of hydrogen-bond donors (Lipinski definition) is 0. The van der Waals surface area contributed by atoms with E-state index >= 15 is 0 Å². The Balaban J connectivity index is 1.22. The van der Waals surface area contributed by atoms with Gasteiger partial charge in [-0.2, -0.15) is 0 Å². The van der Waals surface area contributed by atoms with Gasteiger partial charge in [-0.3, -0.25) is 4.57 Å². The molecule has 0 amide bonds. The Morgan fingerprint density at radius 1 is 0.531 bits per heavy atom. The maximum absolute atomic E-state index is 6.53. The molecule has 0 fully saturated rings. The number of benzene rings is 7. The number of para-hydroxylation sites is 4. The third-order valence-electron chi connectivity index (χ3n) is 10.8. The van der Waals surface area contributed by atoms with E-state index in [1.54, 1.807) is 0 Å². The Bertz CT molecular complexity index is 3030. The quantitative estimate of drug-likeness (QED) is 0.192. The van der Waals surface area contributed by atoms with Gasteiger partial charge in [-0.05, 0) is 69.4 Å². The number of nitrogens with zero attached hydrogens (tertiary/aromatic N) is 3. The Morgan fingerprint density at radius 3 is 2.16 bits per heavy atom. The predicted molar refractivity (Wildman–Crippen MR) is 202 cm³/mol. The molecule has 3 heterocycles. The molecule has 0 N–H and O–H groups in total. The average molecular weight is 628 g/mol. The molecule has 10 aromatic rings. The van der Waals surface area contributed by atoms with Crippen molar-refractivity contribution < 1.29 is 4.42 Å². The maximum Gasteiger partial charge on any atom is 0.235 e. The average Bonchev–Trinajstić information content (AvgIpc) is 3.76. The van der Waals surface area contributed by atoms with E-state index in [1.807, 2.05) is 18.2 Å². The zero-order valence-corrected chi connectivity index (χ0v) is 27.0. The molecule has 0 saturated heterocycles. The second kappa shape index (κ2) is 9.42. The lowest BCUT2D eigenvalue weighted by molar-refractivity contribution is 0.666. The van der Waals surface area contributed by atoms with Gasteiger partial charge in [0, 0.05) is 37.9 Å². The molecule has 4 nitrogen and oxygen atoms in total. The van der Waals surface area contributed by atoms with Gasteiger partial charge in [0.2, 0.25) is 5.95 Å². The first-order valence-electron chi connectivity index (χ1n) is 16.8. The molecule has 7 aromatic carbocycles. The summed E-state index contributed by atoms with van der Waals surface area (Å²) in [6.07, 6.45) is 0. The van der Waals surface area contributed by atoms with E-state index in [1.165, 1.54) is 43.8 Å². The van der Waals surface area contributed by atoms with Crippen LogP contribution in [0.4, 0.5) is 0 Å². The van der Waals surface area contributed by atoms with E-state index in [9.17, 15) is 0 Å². The molecular weight excluding hydrogens is 599 g/mol. The van der Waals surface area contributed by atoms with E-state index in [2.05, 4.69) is 140 Å². The highest BCUT2D eigenvalue weighted by Gasteiger charge is 2.38. The molecule has 0 atom stereocenters. The normalized spacial score (nSPS) is 13.7. The summed E-state index contributed by atoms with van der Waals surface area (Å²) in [5.74, 6) is 0.645. The topological polar surface area (TPSA) is 43.9 Å². The van der Waals surface area contributed by atoms with Crippen LogP contribution in [0.5, 0.6) is 0 Å². The highest BCUT2D eigenvalue weighted by molar-refractivity contribution is 6.13. The summed E-state index contributed by atoms with van der Waals surface area (Å²) in [4.78, 5) is 10.7. The highest BCUT2D eigenvalue weighted by atomic mass is 16.3. The van der Waals surface area contributed by atoms with Gasteiger partial charge in [0.15, 0.2) is 0 Å². The van der Waals surface area contributed by atoms with Crippen LogP contribution in [0.25, 0.3) is 93.8 Å². The number of fused-ring (bicyclic) bond motifs is 12. The van der Waals surface area contributed by atoms with Crippen molar-refractivity contribution in [1.29, 1.82) is 0 Å². The van der Waals surface area contributed by atoms with Gasteiger partial charge in [-0.25, -0.2) is 9.97 Å². The maximum atomic E-state index is 6.53. The predicted octanol–water partition coefficient (Wildman–Crippen LogP) is 11.8. The monoisotopic (exact) mass is 627 g/mol. The smallest absolute Gasteiger partial charge is 0.235 e. The third kappa shape index (κ3) is 3.53. The largest absolute Gasteiger partial charge is 0.455 e. The summed E-state index contributed by atoms with van der Waals surface area (Å²) in [5.41, 5.74) is 11.8. The van der Waals surface area contributed by atoms with Gasteiger partial charge in [0.05, 0.1) is 22.2 Å². The van der Waals surface area contributed by atoms with Crippen molar-refractivity contribution >= 4 is 65.4 Å². The van der Waals surface area contributed by atoms with Gasteiger partial charge in [-0.15, -0.1) is 0 Å². The number of aromatic nitrogens is 3. The van der Waals surface area contributed by atoms with Crippen molar-refractivity contribution in [2.24, 2.45) is 0 Å². The summed E-state index contributed by atoms with van der Waals surface area (Å²) in [7, 11) is 0. The lowest BCUT2D eigenvalue weighted by Crippen LogP contribution is -2.15. The zero-order valence-electron chi connectivity index (χ0n) is 27.0. The molecule has 1 aliphatic rings. The summed E-state index contributed by atoms with van der Waals surface area (Å²) in [6.45, 7) is 4.73. The molecule has 49 heavy (non-hydrogen) atoms. The molecular formula is C45H29N3O. The minimum absolute atomic E-state index is 0.187. The first kappa shape index (κ1) is 26.8. The van der Waals surface area contributed by atoms with E-state index in [-0.39, 0.29) is 5.41 Å². The van der Waals surface area contributed by atoms with Crippen LogP contribution in [-0.4, -0.2) is 14.5 Å². The molecule has 1 aliphatic carbocycles. The van der Waals surface area contributed by atoms with E-state index < -0.39 is 0 Å². The van der Waals surface area contributed by atoms with Gasteiger partial charge in [-0.1, -0.05) is 117 Å². The number of hydrogen-bond acceptors (Lipinski definition) is 3. The molecule has 0 unspecified atom stereocenters. The fourth-order valence-electron chi connectivity index (χ4n) is 8.58. The fraction of sp³-hybridized carbons (Fsp3) is 0.0667. The van der Waals surface area contributed by atoms with Gasteiger partial charge < -0.3 is 4.42 Å². The van der Waals surface area contributed by atoms with Crippen LogP contribution in [0.2, 0.25) is 0 Å². The minimum Gasteiger partial charge on any atom is -0.455 e. The SMILES string of the molecule is CC1(C)c2cc3c(cc2-c2ccc4ccccc4c21)c1ccccc1n3-c1nc(-c2cccc3c2oc2ccccc23)c2ccccc2n1. The molecule has 4 heteroatoms. The van der Waals surface area contributed by atoms with Crippen LogP contribution in [0.15, 0.2) is 144 Å². The molecule has 0 radical (unpaired) electrons. The lowest BCUT2D eigenvalue weighted by atomic mass is 9.80. The fourth-order valence-corrected chi connectivity index (χ4v) is 8.58. The summed E-state index contributed by atoms with van der Waals surface area (Å²) in [6, 6.07) is 49.7. The van der Waals surface area contributed by atoms with Gasteiger partial charge >= 0.3 is 0 Å². The van der Waals surface area contributed by atoms with Crippen LogP contribution in [0.1, 0.15) is 25.0 Å². The standard InChI is InChI=1S/C45H29N3O/c1-45(2)36-25-39-35(24-34(36)30-23-22-26-12-3-4-13-27(26)41(30)45)28-14-6-9-20-38(28)48(39)44-46-37-19-8-5-16-32(37)42(47-44)33-18-11-17-31-29-15-7-10-21-40(29)49-43(31)33/h3-25H,1-2H3. The van der Waals surface area contributed by atoms with E-state index in [4.69, 9.17) is 14.4 Å². The Labute approximate surface area is 281 Å². The van der Waals surface area contributed by atoms with Crippen molar-refractivity contribution in [2.45, 2.75) is 19.3 Å². The molecule has 11 rings (SSSR count). The minimum atomic E-state index is -0.187. The van der Waals surface area contributed by atoms with E-state index in [0.29, 0.717) is 5.95 Å². The molecule has 0 aliphatic heterocycles. The van der Waals surface area contributed by atoms with Crippen LogP contribution in [-0.2, 0) is 5.41 Å². The summed E-state index contributed by atoms with van der Waals surface area (Å²) >= 11 is 0. The first-order chi connectivity index (χ1) is 24.1. The van der Waals surface area contributed by atoms with Gasteiger partial charge in [0.25, 0.3) is 0 Å². The summed E-state index contributed by atoms with van der Waals surface area (Å²) in [5, 5.41) is 8.15.